The molecule has 23 heavy (non-hydrogen) atoms. The van der Waals surface area contributed by atoms with Crippen LogP contribution in [-0.4, -0.2) is 28.4 Å². The molecule has 0 aliphatic carbocycles. The molecule has 0 aliphatic rings. The van der Waals surface area contributed by atoms with Crippen molar-refractivity contribution in [3.63, 3.8) is 0 Å². The van der Waals surface area contributed by atoms with Crippen molar-refractivity contribution in [3.05, 3.63) is 52.5 Å². The van der Waals surface area contributed by atoms with E-state index in [-0.39, 0.29) is 17.4 Å². The van der Waals surface area contributed by atoms with Gasteiger partial charge in [0.25, 0.3) is 5.91 Å². The van der Waals surface area contributed by atoms with Gasteiger partial charge in [-0.15, -0.1) is 0 Å². The third-order valence-corrected chi connectivity index (χ3v) is 3.54. The maximum absolute atomic E-state index is 11.9. The number of phenols is 2. The highest BCUT2D eigenvalue weighted by Crippen LogP contribution is 2.20. The maximum Gasteiger partial charge on any atom is 0.262 e. The molecule has 1 unspecified atom stereocenters. The Morgan fingerprint density at radius 3 is 2.57 bits per heavy atom. The Bertz CT molecular complexity index is 717. The summed E-state index contributed by atoms with van der Waals surface area (Å²) in [6.45, 7) is 1.71. The highest BCUT2D eigenvalue weighted by molar-refractivity contribution is 9.10. The van der Waals surface area contributed by atoms with E-state index in [4.69, 9.17) is 0 Å². The molecule has 0 radical (unpaired) electrons. The summed E-state index contributed by atoms with van der Waals surface area (Å²) in [6, 6.07) is 11.1. The van der Waals surface area contributed by atoms with Crippen LogP contribution in [0.5, 0.6) is 11.5 Å². The molecular formula is C16H16BrN3O3. The molecule has 7 heteroatoms. The van der Waals surface area contributed by atoms with Gasteiger partial charge in [0.05, 0.1) is 6.21 Å². The molecule has 1 amide bonds. The Balaban J connectivity index is 1.90. The first-order valence-electron chi connectivity index (χ1n) is 6.82. The summed E-state index contributed by atoms with van der Waals surface area (Å²) >= 11 is 3.34. The van der Waals surface area contributed by atoms with Crippen molar-refractivity contribution in [2.75, 3.05) is 5.32 Å². The van der Waals surface area contributed by atoms with Crippen LogP contribution in [0.15, 0.2) is 52.0 Å². The lowest BCUT2D eigenvalue weighted by Gasteiger charge is -2.13. The van der Waals surface area contributed by atoms with Gasteiger partial charge in [-0.05, 0) is 43.3 Å². The average molecular weight is 378 g/mol. The van der Waals surface area contributed by atoms with Gasteiger partial charge in [0.1, 0.15) is 17.5 Å². The van der Waals surface area contributed by atoms with Gasteiger partial charge in [-0.25, -0.2) is 5.43 Å². The van der Waals surface area contributed by atoms with Gasteiger partial charge in [-0.1, -0.05) is 15.9 Å². The lowest BCUT2D eigenvalue weighted by molar-refractivity contribution is -0.121. The molecule has 0 saturated heterocycles. The number of carbonyl (C=O) groups excluding carboxylic acids is 1. The zero-order valence-electron chi connectivity index (χ0n) is 12.3. The zero-order valence-corrected chi connectivity index (χ0v) is 13.9. The lowest BCUT2D eigenvalue weighted by atomic mass is 10.2. The molecule has 0 spiro atoms. The highest BCUT2D eigenvalue weighted by atomic mass is 79.9. The largest absolute Gasteiger partial charge is 0.508 e. The number of aromatic hydroxyl groups is 2. The molecule has 0 saturated carbocycles. The number of anilines is 1. The third-order valence-electron chi connectivity index (χ3n) is 3.01. The second-order valence-corrected chi connectivity index (χ2v) is 5.77. The zero-order chi connectivity index (χ0) is 16.8. The molecule has 2 aromatic carbocycles. The van der Waals surface area contributed by atoms with E-state index in [1.165, 1.54) is 24.4 Å². The number of amides is 1. The number of rotatable bonds is 5. The van der Waals surface area contributed by atoms with E-state index < -0.39 is 6.04 Å². The van der Waals surface area contributed by atoms with E-state index in [0.29, 0.717) is 5.56 Å². The molecule has 0 aromatic heterocycles. The number of hydrogen-bond donors (Lipinski definition) is 4. The number of phenolic OH excluding ortho intramolecular Hbond substituents is 2. The van der Waals surface area contributed by atoms with Gasteiger partial charge < -0.3 is 15.5 Å². The van der Waals surface area contributed by atoms with Crippen molar-refractivity contribution < 1.29 is 15.0 Å². The average Bonchev–Trinajstić information content (AvgIpc) is 2.51. The Hall–Kier alpha value is -2.54. The first-order valence-corrected chi connectivity index (χ1v) is 7.62. The van der Waals surface area contributed by atoms with Crippen LogP contribution < -0.4 is 10.7 Å². The highest BCUT2D eigenvalue weighted by Gasteiger charge is 2.11. The summed E-state index contributed by atoms with van der Waals surface area (Å²) in [7, 11) is 0. The van der Waals surface area contributed by atoms with Gasteiger partial charge in [-0.3, -0.25) is 4.79 Å². The molecule has 2 rings (SSSR count). The maximum atomic E-state index is 11.9. The topological polar surface area (TPSA) is 94.0 Å². The van der Waals surface area contributed by atoms with Crippen molar-refractivity contribution in [1.82, 2.24) is 5.43 Å². The fourth-order valence-electron chi connectivity index (χ4n) is 1.77. The lowest BCUT2D eigenvalue weighted by Crippen LogP contribution is -2.34. The Labute approximate surface area is 142 Å². The van der Waals surface area contributed by atoms with Gasteiger partial charge in [0.2, 0.25) is 0 Å². The van der Waals surface area contributed by atoms with Crippen molar-refractivity contribution in [3.8, 4) is 11.5 Å². The van der Waals surface area contributed by atoms with Gasteiger partial charge in [-0.2, -0.15) is 5.10 Å². The summed E-state index contributed by atoms with van der Waals surface area (Å²) < 4.78 is 0.957. The van der Waals surface area contributed by atoms with Crippen molar-refractivity contribution in [2.45, 2.75) is 13.0 Å². The quantitative estimate of drug-likeness (QED) is 0.476. The van der Waals surface area contributed by atoms with Crippen molar-refractivity contribution in [2.24, 2.45) is 5.10 Å². The normalized spacial score (nSPS) is 12.1. The molecule has 0 bridgehead atoms. The van der Waals surface area contributed by atoms with Gasteiger partial charge in [0, 0.05) is 21.8 Å². The van der Waals surface area contributed by atoms with Gasteiger partial charge >= 0.3 is 0 Å². The summed E-state index contributed by atoms with van der Waals surface area (Å²) in [6.07, 6.45) is 1.30. The number of hydrazone groups is 1. The fraction of sp³-hybridized carbons (Fsp3) is 0.125. The molecule has 0 heterocycles. The molecular weight excluding hydrogens is 362 g/mol. The van der Waals surface area contributed by atoms with Crippen molar-refractivity contribution in [1.29, 1.82) is 0 Å². The Morgan fingerprint density at radius 2 is 1.91 bits per heavy atom. The molecule has 0 fully saturated rings. The van der Waals surface area contributed by atoms with Crippen LogP contribution in [0.2, 0.25) is 0 Å². The molecule has 120 valence electrons. The first-order chi connectivity index (χ1) is 11.0. The molecule has 2 aromatic rings. The standard InChI is InChI=1S/C16H16BrN3O3/c1-10(19-13-5-3-12(17)4-6-13)16(23)20-18-9-11-2-7-14(21)8-15(11)22/h2-10,19,21-22H,1H3,(H,20,23)/b18-9+. The number of hydrogen-bond acceptors (Lipinski definition) is 5. The Kier molecular flexibility index (Phi) is 5.59. The number of nitrogens with zero attached hydrogens (tertiary/aromatic N) is 1. The van der Waals surface area contributed by atoms with Crippen LogP contribution in [-0.2, 0) is 4.79 Å². The second-order valence-electron chi connectivity index (χ2n) is 4.85. The Morgan fingerprint density at radius 1 is 1.22 bits per heavy atom. The molecule has 6 nitrogen and oxygen atoms in total. The van der Waals surface area contributed by atoms with E-state index in [9.17, 15) is 15.0 Å². The van der Waals surface area contributed by atoms with E-state index in [0.717, 1.165) is 10.2 Å². The summed E-state index contributed by atoms with van der Waals surface area (Å²) in [5.41, 5.74) is 3.59. The fourth-order valence-corrected chi connectivity index (χ4v) is 2.03. The molecule has 0 aliphatic heterocycles. The molecule has 4 N–H and O–H groups in total. The number of nitrogens with one attached hydrogen (secondary N) is 2. The number of halogens is 1. The molecule has 1 atom stereocenters. The van der Waals surface area contributed by atoms with E-state index in [1.54, 1.807) is 6.92 Å². The minimum absolute atomic E-state index is 0.0454. The SMILES string of the molecule is CC(Nc1ccc(Br)cc1)C(=O)N/N=C/c1ccc(O)cc1O. The van der Waals surface area contributed by atoms with Crippen LogP contribution in [0.1, 0.15) is 12.5 Å². The number of benzene rings is 2. The summed E-state index contributed by atoms with van der Waals surface area (Å²) in [5, 5.41) is 25.6. The monoisotopic (exact) mass is 377 g/mol. The van der Waals surface area contributed by atoms with Crippen LogP contribution in [0.25, 0.3) is 0 Å². The second kappa shape index (κ2) is 7.64. The van der Waals surface area contributed by atoms with Gasteiger partial charge in [0.15, 0.2) is 0 Å². The number of carbonyl (C=O) groups is 1. The summed E-state index contributed by atoms with van der Waals surface area (Å²) in [5.74, 6) is -0.484. The van der Waals surface area contributed by atoms with Crippen molar-refractivity contribution >= 4 is 33.7 Å². The van der Waals surface area contributed by atoms with Crippen LogP contribution in [0.3, 0.4) is 0 Å². The third kappa shape index (κ3) is 5.00. The minimum atomic E-state index is -0.484. The first kappa shape index (κ1) is 16.8. The minimum Gasteiger partial charge on any atom is -0.508 e. The van der Waals surface area contributed by atoms with E-state index in [2.05, 4.69) is 31.8 Å². The smallest absolute Gasteiger partial charge is 0.262 e. The van der Waals surface area contributed by atoms with Crippen LogP contribution in [0.4, 0.5) is 5.69 Å². The van der Waals surface area contributed by atoms with Crippen LogP contribution >= 0.6 is 15.9 Å². The predicted octanol–water partition coefficient (Wildman–Crippen LogP) is 2.81. The predicted molar refractivity (Wildman–Crippen MR) is 92.7 cm³/mol. The summed E-state index contributed by atoms with van der Waals surface area (Å²) in [4.78, 5) is 11.9. The van der Waals surface area contributed by atoms with E-state index >= 15 is 0 Å². The van der Waals surface area contributed by atoms with Crippen LogP contribution in [0, 0.1) is 0 Å². The van der Waals surface area contributed by atoms with E-state index in [1.807, 2.05) is 24.3 Å².